The molecule has 1 aromatic carbocycles. The van der Waals surface area contributed by atoms with Gasteiger partial charge in [0.05, 0.1) is 29.0 Å². The van der Waals surface area contributed by atoms with E-state index in [0.29, 0.717) is 35.1 Å². The van der Waals surface area contributed by atoms with E-state index in [0.717, 1.165) is 25.1 Å². The Hall–Kier alpha value is -3.70. The number of piperidine rings is 1. The molecule has 2 N–H and O–H groups in total. The second kappa shape index (κ2) is 10.3. The second-order valence-corrected chi connectivity index (χ2v) is 8.38. The van der Waals surface area contributed by atoms with Crippen LogP contribution in [0.3, 0.4) is 0 Å². The first-order chi connectivity index (χ1) is 16.1. The number of hydrogen-bond donors (Lipinski definition) is 2. The number of nitriles is 1. The quantitative estimate of drug-likeness (QED) is 0.540. The maximum Gasteiger partial charge on any atom is 0.252 e. The molecule has 1 unspecified atom stereocenters. The first-order valence-corrected chi connectivity index (χ1v) is 11.3. The van der Waals surface area contributed by atoms with E-state index in [9.17, 15) is 9.90 Å². The predicted octanol–water partition coefficient (Wildman–Crippen LogP) is 3.51. The van der Waals surface area contributed by atoms with Crippen molar-refractivity contribution in [1.29, 1.82) is 5.26 Å². The van der Waals surface area contributed by atoms with Crippen molar-refractivity contribution in [2.75, 3.05) is 19.6 Å². The van der Waals surface area contributed by atoms with Gasteiger partial charge in [-0.1, -0.05) is 18.6 Å². The van der Waals surface area contributed by atoms with Gasteiger partial charge in [-0.15, -0.1) is 0 Å². The van der Waals surface area contributed by atoms with Crippen molar-refractivity contribution in [3.05, 3.63) is 59.9 Å². The zero-order chi connectivity index (χ0) is 23.2. The fourth-order valence-electron chi connectivity index (χ4n) is 4.16. The van der Waals surface area contributed by atoms with E-state index >= 15 is 0 Å². The fourth-order valence-corrected chi connectivity index (χ4v) is 4.16. The number of rotatable bonds is 7. The summed E-state index contributed by atoms with van der Waals surface area (Å²) in [5.74, 6) is 0.183. The Morgan fingerprint density at radius 1 is 1.21 bits per heavy atom. The summed E-state index contributed by atoms with van der Waals surface area (Å²) in [6, 6.07) is 12.9. The van der Waals surface area contributed by atoms with Gasteiger partial charge in [-0.3, -0.25) is 4.79 Å². The van der Waals surface area contributed by atoms with Crippen molar-refractivity contribution >= 4 is 5.91 Å². The van der Waals surface area contributed by atoms with Crippen LogP contribution in [0.15, 0.2) is 48.8 Å². The molecule has 1 fully saturated rings. The molecular weight excluding hydrogens is 416 g/mol. The minimum atomic E-state index is -0.163. The SMILES string of the molecule is CC1CCCCN1CCCNC(=O)c1ccc(-n2ncc(-c3ccc(C#N)cc3)c2O)nc1. The van der Waals surface area contributed by atoms with Crippen molar-refractivity contribution in [2.45, 2.75) is 38.6 Å². The van der Waals surface area contributed by atoms with Gasteiger partial charge in [0.1, 0.15) is 0 Å². The number of benzene rings is 1. The summed E-state index contributed by atoms with van der Waals surface area (Å²) >= 11 is 0. The molecule has 0 aliphatic carbocycles. The molecule has 1 aliphatic rings. The number of hydrogen-bond acceptors (Lipinski definition) is 6. The first kappa shape index (κ1) is 22.5. The summed E-state index contributed by atoms with van der Waals surface area (Å²) in [5.41, 5.74) is 2.28. The van der Waals surface area contributed by atoms with Crippen LogP contribution in [0, 0.1) is 11.3 Å². The van der Waals surface area contributed by atoms with Gasteiger partial charge >= 0.3 is 0 Å². The van der Waals surface area contributed by atoms with E-state index in [1.54, 1.807) is 42.6 Å². The summed E-state index contributed by atoms with van der Waals surface area (Å²) in [6.45, 7) is 5.04. The Morgan fingerprint density at radius 3 is 2.73 bits per heavy atom. The van der Waals surface area contributed by atoms with E-state index in [4.69, 9.17) is 5.26 Å². The summed E-state index contributed by atoms with van der Waals surface area (Å²) in [7, 11) is 0. The zero-order valence-electron chi connectivity index (χ0n) is 18.7. The van der Waals surface area contributed by atoms with Crippen LogP contribution in [0.1, 0.15) is 48.5 Å². The Morgan fingerprint density at radius 2 is 2.03 bits per heavy atom. The van der Waals surface area contributed by atoms with E-state index in [-0.39, 0.29) is 11.8 Å². The van der Waals surface area contributed by atoms with Gasteiger partial charge in [0.15, 0.2) is 5.82 Å². The molecule has 3 aromatic rings. The number of nitrogens with one attached hydrogen (secondary N) is 1. The lowest BCUT2D eigenvalue weighted by Gasteiger charge is -2.33. The second-order valence-electron chi connectivity index (χ2n) is 8.38. The molecule has 0 bridgehead atoms. The van der Waals surface area contributed by atoms with Crippen molar-refractivity contribution in [1.82, 2.24) is 25.0 Å². The molecule has 1 aliphatic heterocycles. The molecule has 0 spiro atoms. The minimum Gasteiger partial charge on any atom is -0.493 e. The van der Waals surface area contributed by atoms with Gasteiger partial charge in [-0.05, 0) is 62.6 Å². The van der Waals surface area contributed by atoms with Crippen LogP contribution in [-0.2, 0) is 0 Å². The van der Waals surface area contributed by atoms with Gasteiger partial charge in [0, 0.05) is 25.3 Å². The van der Waals surface area contributed by atoms with Gasteiger partial charge in [0.2, 0.25) is 5.88 Å². The molecule has 0 saturated carbocycles. The highest BCUT2D eigenvalue weighted by atomic mass is 16.3. The molecule has 33 heavy (non-hydrogen) atoms. The molecule has 4 rings (SSSR count). The highest BCUT2D eigenvalue weighted by Crippen LogP contribution is 2.30. The van der Waals surface area contributed by atoms with Crippen LogP contribution >= 0.6 is 0 Å². The predicted molar refractivity (Wildman–Crippen MR) is 125 cm³/mol. The van der Waals surface area contributed by atoms with E-state index in [1.165, 1.54) is 30.1 Å². The highest BCUT2D eigenvalue weighted by Gasteiger charge is 2.18. The largest absolute Gasteiger partial charge is 0.493 e. The topological polar surface area (TPSA) is 107 Å². The van der Waals surface area contributed by atoms with Crippen LogP contribution in [0.4, 0.5) is 0 Å². The average molecular weight is 445 g/mol. The van der Waals surface area contributed by atoms with Gasteiger partial charge in [0.25, 0.3) is 5.91 Å². The lowest BCUT2D eigenvalue weighted by atomic mass is 10.0. The molecule has 1 amide bonds. The maximum atomic E-state index is 12.5. The molecule has 3 heterocycles. The number of likely N-dealkylation sites (tertiary alicyclic amines) is 1. The van der Waals surface area contributed by atoms with Gasteiger partial charge < -0.3 is 15.3 Å². The number of amides is 1. The number of aromatic hydroxyl groups is 1. The molecule has 8 heteroatoms. The molecule has 0 radical (unpaired) electrons. The smallest absolute Gasteiger partial charge is 0.252 e. The van der Waals surface area contributed by atoms with Crippen LogP contribution in [-0.4, -0.2) is 56.4 Å². The Kier molecular flexibility index (Phi) is 7.01. The monoisotopic (exact) mass is 444 g/mol. The van der Waals surface area contributed by atoms with E-state index in [2.05, 4.69) is 33.3 Å². The first-order valence-electron chi connectivity index (χ1n) is 11.3. The van der Waals surface area contributed by atoms with Gasteiger partial charge in [-0.25, -0.2) is 4.98 Å². The van der Waals surface area contributed by atoms with Crippen LogP contribution in [0.25, 0.3) is 16.9 Å². The zero-order valence-corrected chi connectivity index (χ0v) is 18.7. The van der Waals surface area contributed by atoms with Crippen LogP contribution < -0.4 is 5.32 Å². The lowest BCUT2D eigenvalue weighted by Crippen LogP contribution is -2.39. The number of carbonyl (C=O) groups is 1. The third-order valence-electron chi connectivity index (χ3n) is 6.14. The number of aromatic nitrogens is 3. The summed E-state index contributed by atoms with van der Waals surface area (Å²) in [6.07, 6.45) is 7.77. The average Bonchev–Trinajstić information content (AvgIpc) is 3.24. The Balaban J connectivity index is 1.34. The Bertz CT molecular complexity index is 1130. The molecule has 1 saturated heterocycles. The highest BCUT2D eigenvalue weighted by molar-refractivity contribution is 5.93. The summed E-state index contributed by atoms with van der Waals surface area (Å²) < 4.78 is 1.31. The molecular formula is C25H28N6O2. The van der Waals surface area contributed by atoms with Crippen molar-refractivity contribution < 1.29 is 9.90 Å². The molecule has 8 nitrogen and oxygen atoms in total. The normalized spacial score (nSPS) is 16.3. The Labute approximate surface area is 193 Å². The lowest BCUT2D eigenvalue weighted by molar-refractivity contribution is 0.0948. The van der Waals surface area contributed by atoms with E-state index < -0.39 is 0 Å². The van der Waals surface area contributed by atoms with Crippen molar-refractivity contribution in [3.63, 3.8) is 0 Å². The maximum absolute atomic E-state index is 12.5. The summed E-state index contributed by atoms with van der Waals surface area (Å²) in [5, 5.41) is 26.7. The van der Waals surface area contributed by atoms with Gasteiger partial charge in [-0.2, -0.15) is 15.0 Å². The third-order valence-corrected chi connectivity index (χ3v) is 6.14. The standard InChI is InChI=1S/C25H28N6O2/c1-18-5-2-3-13-30(18)14-4-12-27-24(32)21-10-11-23(28-16-21)31-25(33)22(17-29-31)20-8-6-19(15-26)7-9-20/h6-11,16-18,33H,2-5,12-14H2,1H3,(H,27,32). The molecule has 2 aromatic heterocycles. The number of pyridine rings is 1. The molecule has 170 valence electrons. The van der Waals surface area contributed by atoms with Crippen LogP contribution in [0.5, 0.6) is 5.88 Å². The number of nitrogens with zero attached hydrogens (tertiary/aromatic N) is 5. The van der Waals surface area contributed by atoms with Crippen LogP contribution in [0.2, 0.25) is 0 Å². The summed E-state index contributed by atoms with van der Waals surface area (Å²) in [4.78, 5) is 19.3. The van der Waals surface area contributed by atoms with Crippen molar-refractivity contribution in [2.24, 2.45) is 0 Å². The third kappa shape index (κ3) is 5.21. The number of carbonyl (C=O) groups excluding carboxylic acids is 1. The van der Waals surface area contributed by atoms with Crippen molar-refractivity contribution in [3.8, 4) is 28.9 Å². The fraction of sp³-hybridized carbons (Fsp3) is 0.360. The minimum absolute atomic E-state index is 0.0589. The molecule has 1 atom stereocenters. The van der Waals surface area contributed by atoms with E-state index in [1.807, 2.05) is 0 Å².